The van der Waals surface area contributed by atoms with Crippen molar-refractivity contribution in [2.75, 3.05) is 24.5 Å². The summed E-state index contributed by atoms with van der Waals surface area (Å²) in [5.74, 6) is -1.68. The molecule has 0 aromatic heterocycles. The van der Waals surface area contributed by atoms with E-state index >= 15 is 0 Å². The van der Waals surface area contributed by atoms with E-state index < -0.39 is 11.6 Å². The summed E-state index contributed by atoms with van der Waals surface area (Å²) in [6, 6.07) is 20.6. The predicted molar refractivity (Wildman–Crippen MR) is 130 cm³/mol. The highest BCUT2D eigenvalue weighted by Crippen LogP contribution is 2.25. The van der Waals surface area contributed by atoms with E-state index in [4.69, 9.17) is 0 Å². The Morgan fingerprint density at radius 3 is 2.35 bits per heavy atom. The Morgan fingerprint density at radius 2 is 1.62 bits per heavy atom. The van der Waals surface area contributed by atoms with E-state index in [1.807, 2.05) is 24.3 Å². The number of piperidine rings is 1. The molecule has 6 heteroatoms. The first kappa shape index (κ1) is 22.5. The summed E-state index contributed by atoms with van der Waals surface area (Å²) in [4.78, 5) is 17.4. The second-order valence-electron chi connectivity index (χ2n) is 9.26. The minimum atomic E-state index is -0.820. The maximum absolute atomic E-state index is 13.4. The molecule has 0 spiro atoms. The summed E-state index contributed by atoms with van der Waals surface area (Å²) in [7, 11) is 0. The molecule has 5 rings (SSSR count). The molecule has 34 heavy (non-hydrogen) atoms. The van der Waals surface area contributed by atoms with Crippen molar-refractivity contribution in [3.63, 3.8) is 0 Å². The van der Waals surface area contributed by atoms with Gasteiger partial charge in [-0.05, 0) is 72.4 Å². The number of halogens is 2. The number of amides is 1. The molecule has 4 nitrogen and oxygen atoms in total. The molecular formula is C28H29F2N3O. The zero-order chi connectivity index (χ0) is 23.5. The number of nitrogens with one attached hydrogen (secondary N) is 1. The molecule has 0 radical (unpaired) electrons. The van der Waals surface area contributed by atoms with Gasteiger partial charge in [0.1, 0.15) is 0 Å². The SMILES string of the molecule is O=C(NC1CCN(Cc2ccc(F)c(F)c2)CC1)c1ccc(N2CCc3ccccc3C2)cc1. The Morgan fingerprint density at radius 1 is 0.882 bits per heavy atom. The van der Waals surface area contributed by atoms with E-state index in [0.717, 1.165) is 56.7 Å². The Bertz CT molecular complexity index is 1160. The first-order valence-electron chi connectivity index (χ1n) is 11.9. The zero-order valence-corrected chi connectivity index (χ0v) is 19.1. The van der Waals surface area contributed by atoms with Crippen LogP contribution in [0.15, 0.2) is 66.7 Å². The van der Waals surface area contributed by atoms with E-state index in [0.29, 0.717) is 12.1 Å². The van der Waals surface area contributed by atoms with Gasteiger partial charge >= 0.3 is 0 Å². The summed E-state index contributed by atoms with van der Waals surface area (Å²) in [5, 5.41) is 3.16. The maximum Gasteiger partial charge on any atom is 0.251 e. The van der Waals surface area contributed by atoms with Crippen molar-refractivity contribution in [3.05, 3.63) is 101 Å². The third-order valence-electron chi connectivity index (χ3n) is 6.94. The van der Waals surface area contributed by atoms with E-state index in [-0.39, 0.29) is 11.9 Å². The van der Waals surface area contributed by atoms with Crippen LogP contribution in [0.4, 0.5) is 14.5 Å². The summed E-state index contributed by atoms with van der Waals surface area (Å²) < 4.78 is 26.6. The molecular weight excluding hydrogens is 432 g/mol. The number of rotatable bonds is 5. The summed E-state index contributed by atoms with van der Waals surface area (Å²) >= 11 is 0. The summed E-state index contributed by atoms with van der Waals surface area (Å²) in [5.41, 5.74) is 5.36. The summed E-state index contributed by atoms with van der Waals surface area (Å²) in [6.45, 7) is 4.06. The van der Waals surface area contributed by atoms with Gasteiger partial charge in [0.15, 0.2) is 11.6 Å². The topological polar surface area (TPSA) is 35.6 Å². The lowest BCUT2D eigenvalue weighted by molar-refractivity contribution is 0.0909. The van der Waals surface area contributed by atoms with Crippen molar-refractivity contribution in [3.8, 4) is 0 Å². The van der Waals surface area contributed by atoms with E-state index in [1.54, 1.807) is 6.07 Å². The quantitative estimate of drug-likeness (QED) is 0.586. The van der Waals surface area contributed by atoms with Gasteiger partial charge in [0.05, 0.1) is 0 Å². The number of anilines is 1. The van der Waals surface area contributed by atoms with Crippen LogP contribution in [0.1, 0.15) is 39.9 Å². The van der Waals surface area contributed by atoms with Gasteiger partial charge in [0.2, 0.25) is 0 Å². The number of carbonyl (C=O) groups excluding carboxylic acids is 1. The van der Waals surface area contributed by atoms with Crippen LogP contribution in [0.5, 0.6) is 0 Å². The smallest absolute Gasteiger partial charge is 0.251 e. The predicted octanol–water partition coefficient (Wildman–Crippen LogP) is 4.92. The number of likely N-dealkylation sites (tertiary alicyclic amines) is 1. The van der Waals surface area contributed by atoms with E-state index in [1.165, 1.54) is 23.3 Å². The van der Waals surface area contributed by atoms with Crippen molar-refractivity contribution in [2.24, 2.45) is 0 Å². The number of fused-ring (bicyclic) bond motifs is 1. The van der Waals surface area contributed by atoms with Crippen molar-refractivity contribution in [1.29, 1.82) is 0 Å². The molecule has 2 heterocycles. The van der Waals surface area contributed by atoms with Crippen LogP contribution < -0.4 is 10.2 Å². The molecule has 0 aliphatic carbocycles. The molecule has 176 valence electrons. The normalized spacial score (nSPS) is 16.8. The van der Waals surface area contributed by atoms with Gasteiger partial charge in [0, 0.05) is 50.0 Å². The first-order chi connectivity index (χ1) is 16.5. The van der Waals surface area contributed by atoms with Crippen LogP contribution in [-0.2, 0) is 19.5 Å². The van der Waals surface area contributed by atoms with Crippen LogP contribution in [0.25, 0.3) is 0 Å². The van der Waals surface area contributed by atoms with Crippen LogP contribution in [0.2, 0.25) is 0 Å². The third-order valence-corrected chi connectivity index (χ3v) is 6.94. The van der Waals surface area contributed by atoms with E-state index in [2.05, 4.69) is 39.4 Å². The first-order valence-corrected chi connectivity index (χ1v) is 11.9. The minimum Gasteiger partial charge on any atom is -0.367 e. The highest BCUT2D eigenvalue weighted by atomic mass is 19.2. The lowest BCUT2D eigenvalue weighted by atomic mass is 9.99. The van der Waals surface area contributed by atoms with Crippen molar-refractivity contribution in [1.82, 2.24) is 10.2 Å². The lowest BCUT2D eigenvalue weighted by Gasteiger charge is -2.32. The molecule has 1 saturated heterocycles. The third kappa shape index (κ3) is 5.12. The molecule has 3 aromatic rings. The Balaban J connectivity index is 1.12. The largest absolute Gasteiger partial charge is 0.367 e. The van der Waals surface area contributed by atoms with Crippen molar-refractivity contribution in [2.45, 2.75) is 38.4 Å². The van der Waals surface area contributed by atoms with Gasteiger partial charge in [-0.15, -0.1) is 0 Å². The highest BCUT2D eigenvalue weighted by Gasteiger charge is 2.22. The molecule has 1 N–H and O–H groups in total. The number of hydrogen-bond acceptors (Lipinski definition) is 3. The Kier molecular flexibility index (Phi) is 6.59. The lowest BCUT2D eigenvalue weighted by Crippen LogP contribution is -2.44. The maximum atomic E-state index is 13.4. The van der Waals surface area contributed by atoms with Crippen LogP contribution in [-0.4, -0.2) is 36.5 Å². The van der Waals surface area contributed by atoms with Crippen LogP contribution in [0, 0.1) is 11.6 Å². The molecule has 3 aromatic carbocycles. The average Bonchev–Trinajstić information content (AvgIpc) is 2.87. The Hall–Kier alpha value is -3.25. The molecule has 0 bridgehead atoms. The fraction of sp³-hybridized carbons (Fsp3) is 0.321. The van der Waals surface area contributed by atoms with Crippen LogP contribution >= 0.6 is 0 Å². The molecule has 2 aliphatic rings. The number of benzene rings is 3. The summed E-state index contributed by atoms with van der Waals surface area (Å²) in [6.07, 6.45) is 2.70. The number of carbonyl (C=O) groups is 1. The van der Waals surface area contributed by atoms with E-state index in [9.17, 15) is 13.6 Å². The molecule has 2 aliphatic heterocycles. The highest BCUT2D eigenvalue weighted by molar-refractivity contribution is 5.94. The number of nitrogens with zero attached hydrogens (tertiary/aromatic N) is 2. The monoisotopic (exact) mass is 461 g/mol. The van der Waals surface area contributed by atoms with Gasteiger partial charge in [-0.3, -0.25) is 9.69 Å². The van der Waals surface area contributed by atoms with Gasteiger partial charge in [-0.25, -0.2) is 8.78 Å². The molecule has 1 amide bonds. The molecule has 0 atom stereocenters. The zero-order valence-electron chi connectivity index (χ0n) is 19.1. The second-order valence-corrected chi connectivity index (χ2v) is 9.26. The fourth-order valence-corrected chi connectivity index (χ4v) is 4.94. The average molecular weight is 462 g/mol. The number of hydrogen-bond donors (Lipinski definition) is 1. The Labute approximate surface area is 199 Å². The van der Waals surface area contributed by atoms with Crippen molar-refractivity contribution >= 4 is 11.6 Å². The standard InChI is InChI=1S/C28H29F2N3O/c29-26-10-5-20(17-27(26)30)18-32-14-12-24(13-15-32)31-28(34)22-6-8-25(9-7-22)33-16-11-21-3-1-2-4-23(21)19-33/h1-10,17,24H,11-16,18-19H2,(H,31,34). The minimum absolute atomic E-state index is 0.0467. The second kappa shape index (κ2) is 9.94. The van der Waals surface area contributed by atoms with Gasteiger partial charge < -0.3 is 10.2 Å². The van der Waals surface area contributed by atoms with Gasteiger partial charge in [0.25, 0.3) is 5.91 Å². The van der Waals surface area contributed by atoms with Gasteiger partial charge in [-0.2, -0.15) is 0 Å². The molecule has 1 fully saturated rings. The van der Waals surface area contributed by atoms with Crippen molar-refractivity contribution < 1.29 is 13.6 Å². The molecule has 0 saturated carbocycles. The van der Waals surface area contributed by atoms with Gasteiger partial charge in [-0.1, -0.05) is 30.3 Å². The fourth-order valence-electron chi connectivity index (χ4n) is 4.94. The molecule has 0 unspecified atom stereocenters. The van der Waals surface area contributed by atoms with Crippen LogP contribution in [0.3, 0.4) is 0 Å².